The van der Waals surface area contributed by atoms with Gasteiger partial charge in [0, 0.05) is 0 Å². The van der Waals surface area contributed by atoms with E-state index in [1.807, 2.05) is 0 Å². The van der Waals surface area contributed by atoms with Crippen molar-refractivity contribution < 1.29 is 0 Å². The van der Waals surface area contributed by atoms with Crippen LogP contribution in [0.5, 0.6) is 0 Å². The molecule has 0 saturated carbocycles. The molecule has 0 aromatic heterocycles. The molecule has 0 aliphatic heterocycles. The monoisotopic (exact) mass is 564 g/mol. The highest BCUT2D eigenvalue weighted by atomic mass is 35.6. The number of aryl methyl sites for hydroxylation is 3. The van der Waals surface area contributed by atoms with Crippen molar-refractivity contribution >= 4 is 34.0 Å². The molecule has 0 atom stereocenters. The minimum absolute atomic E-state index is 1.19. The molecule has 0 amide bonds. The van der Waals surface area contributed by atoms with Crippen LogP contribution in [0.1, 0.15) is 16.7 Å². The van der Waals surface area contributed by atoms with Crippen LogP contribution in [0, 0.1) is 20.8 Å². The summed E-state index contributed by atoms with van der Waals surface area (Å²) in [5, 5.41) is 3.60. The number of hydrogen-bond donors (Lipinski definition) is 0. The lowest BCUT2D eigenvalue weighted by atomic mass is 10.0. The van der Waals surface area contributed by atoms with Gasteiger partial charge in [-0.15, -0.1) is 11.1 Å². The van der Waals surface area contributed by atoms with E-state index in [4.69, 9.17) is 11.1 Å². The molecule has 0 heterocycles. The largest absolute Gasteiger partial charge is 0.249 e. The van der Waals surface area contributed by atoms with Gasteiger partial charge in [0.25, 0.3) is 0 Å². The van der Waals surface area contributed by atoms with Crippen LogP contribution in [0.2, 0.25) is 0 Å². The van der Waals surface area contributed by atoms with Crippen molar-refractivity contribution in [1.29, 1.82) is 0 Å². The summed E-state index contributed by atoms with van der Waals surface area (Å²) in [6.45, 7) is 6.45. The third-order valence-electron chi connectivity index (χ3n) is 7.88. The number of halogens is 1. The van der Waals surface area contributed by atoms with Crippen molar-refractivity contribution in [3.63, 3.8) is 0 Å². The number of benzene rings is 6. The molecule has 6 aromatic rings. The van der Waals surface area contributed by atoms with E-state index >= 15 is 0 Å². The molecule has 6 aromatic carbocycles. The summed E-state index contributed by atoms with van der Waals surface area (Å²) >= 11 is 8.44. The van der Waals surface area contributed by atoms with E-state index in [-0.39, 0.29) is 0 Å². The van der Waals surface area contributed by atoms with Crippen molar-refractivity contribution in [2.45, 2.75) is 20.8 Å². The molecule has 0 N–H and O–H groups in total. The first-order valence-corrected chi connectivity index (χ1v) is 17.1. The van der Waals surface area contributed by atoms with Crippen LogP contribution in [-0.4, -0.2) is 7.38 Å². The van der Waals surface area contributed by atoms with Gasteiger partial charge in [0.1, 0.15) is 0 Å². The molecular weight excluding hydrogens is 532 g/mol. The average molecular weight is 565 g/mol. The standard InChI is InChI=1S/C39H33ClSi/c1-28-13-10-16-31(25-28)34-19-4-7-22-37(34)41(40,38-23-8-5-20-35(38)32-17-11-14-29(2)26-32)39-24-9-6-21-36(39)33-18-12-15-30(3)27-33/h4-27H,1-3H3. The van der Waals surface area contributed by atoms with Gasteiger partial charge in [-0.25, -0.2) is 0 Å². The molecule has 0 radical (unpaired) electrons. The quantitative estimate of drug-likeness (QED) is 0.108. The van der Waals surface area contributed by atoms with Crippen molar-refractivity contribution in [3.8, 4) is 33.4 Å². The molecule has 0 spiro atoms. The molecular formula is C39H33ClSi. The summed E-state index contributed by atoms with van der Waals surface area (Å²) in [4.78, 5) is 0. The molecule has 200 valence electrons. The molecule has 2 heteroatoms. The normalized spacial score (nSPS) is 11.4. The predicted molar refractivity (Wildman–Crippen MR) is 180 cm³/mol. The summed E-state index contributed by atoms with van der Waals surface area (Å²) in [5.74, 6) is 0. The van der Waals surface area contributed by atoms with E-state index < -0.39 is 7.38 Å². The topological polar surface area (TPSA) is 0 Å². The molecule has 6 rings (SSSR count). The summed E-state index contributed by atoms with van der Waals surface area (Å²) in [6, 6.07) is 52.6. The zero-order valence-electron chi connectivity index (χ0n) is 23.7. The number of hydrogen-bond acceptors (Lipinski definition) is 0. The second kappa shape index (κ2) is 11.4. The van der Waals surface area contributed by atoms with Crippen LogP contribution < -0.4 is 15.6 Å². The maximum Gasteiger partial charge on any atom is 0.249 e. The lowest BCUT2D eigenvalue weighted by molar-refractivity contribution is 1.47. The Morgan fingerprint density at radius 2 is 0.659 bits per heavy atom. The fraction of sp³-hybridized carbons (Fsp3) is 0.0769. The van der Waals surface area contributed by atoms with Crippen molar-refractivity contribution in [2.24, 2.45) is 0 Å². The van der Waals surface area contributed by atoms with Crippen molar-refractivity contribution in [1.82, 2.24) is 0 Å². The van der Waals surface area contributed by atoms with Gasteiger partial charge < -0.3 is 0 Å². The smallest absolute Gasteiger partial charge is 0.149 e. The summed E-state index contributed by atoms with van der Waals surface area (Å²) in [5.41, 5.74) is 10.9. The van der Waals surface area contributed by atoms with Crippen LogP contribution in [-0.2, 0) is 0 Å². The lowest BCUT2D eigenvalue weighted by Gasteiger charge is -2.32. The van der Waals surface area contributed by atoms with E-state index in [0.29, 0.717) is 0 Å². The average Bonchev–Trinajstić information content (AvgIpc) is 3.01. The SMILES string of the molecule is Cc1cccc(-c2ccccc2[Si](Cl)(c2ccccc2-c2cccc(C)c2)c2ccccc2-c2cccc(C)c2)c1. The molecule has 0 saturated heterocycles. The highest BCUT2D eigenvalue weighted by Crippen LogP contribution is 2.30. The third kappa shape index (κ3) is 5.20. The summed E-state index contributed by atoms with van der Waals surface area (Å²) < 4.78 is 0. The van der Waals surface area contributed by atoms with Gasteiger partial charge >= 0.3 is 0 Å². The summed E-state index contributed by atoms with van der Waals surface area (Å²) in [6.07, 6.45) is 0. The Labute approximate surface area is 249 Å². The van der Waals surface area contributed by atoms with E-state index in [2.05, 4.69) is 166 Å². The minimum Gasteiger partial charge on any atom is -0.149 e. The first kappa shape index (κ1) is 27.0. The van der Waals surface area contributed by atoms with E-state index in [1.165, 1.54) is 65.6 Å². The second-order valence-electron chi connectivity index (χ2n) is 10.9. The fourth-order valence-electron chi connectivity index (χ4n) is 5.98. The molecule has 0 nitrogen and oxygen atoms in total. The van der Waals surface area contributed by atoms with Gasteiger partial charge in [0.05, 0.1) is 0 Å². The maximum absolute atomic E-state index is 8.44. The van der Waals surface area contributed by atoms with Gasteiger partial charge in [-0.05, 0) is 69.7 Å². The first-order valence-electron chi connectivity index (χ1n) is 14.1. The second-order valence-corrected chi connectivity index (χ2v) is 15.5. The molecule has 0 aliphatic rings. The van der Waals surface area contributed by atoms with Gasteiger partial charge in [-0.3, -0.25) is 0 Å². The Bertz CT molecular complexity index is 1640. The zero-order valence-corrected chi connectivity index (χ0v) is 25.5. The van der Waals surface area contributed by atoms with Crippen LogP contribution in [0.15, 0.2) is 146 Å². The fourth-order valence-corrected chi connectivity index (χ4v) is 11.1. The first-order chi connectivity index (χ1) is 19.9. The minimum atomic E-state index is -3.14. The van der Waals surface area contributed by atoms with E-state index in [0.717, 1.165) is 0 Å². The lowest BCUT2D eigenvalue weighted by Crippen LogP contribution is -2.64. The molecule has 41 heavy (non-hydrogen) atoms. The molecule has 0 unspecified atom stereocenters. The Kier molecular flexibility index (Phi) is 7.49. The van der Waals surface area contributed by atoms with Gasteiger partial charge in [-0.2, -0.15) is 0 Å². The van der Waals surface area contributed by atoms with Crippen LogP contribution in [0.3, 0.4) is 0 Å². The predicted octanol–water partition coefficient (Wildman–Crippen LogP) is 8.82. The van der Waals surface area contributed by atoms with Crippen LogP contribution in [0.25, 0.3) is 33.4 Å². The van der Waals surface area contributed by atoms with Crippen molar-refractivity contribution in [2.75, 3.05) is 0 Å². The molecule has 0 bridgehead atoms. The maximum atomic E-state index is 8.44. The van der Waals surface area contributed by atoms with Crippen molar-refractivity contribution in [3.05, 3.63) is 162 Å². The van der Waals surface area contributed by atoms with E-state index in [1.54, 1.807) is 0 Å². The van der Waals surface area contributed by atoms with E-state index in [9.17, 15) is 0 Å². The highest BCUT2D eigenvalue weighted by Gasteiger charge is 2.43. The zero-order chi connectivity index (χ0) is 28.4. The Morgan fingerprint density at radius 1 is 0.366 bits per heavy atom. The molecule has 0 fully saturated rings. The van der Waals surface area contributed by atoms with Crippen LogP contribution >= 0.6 is 11.1 Å². The van der Waals surface area contributed by atoms with Gasteiger partial charge in [0.15, 0.2) is 0 Å². The Balaban J connectivity index is 1.72. The van der Waals surface area contributed by atoms with Gasteiger partial charge in [0.2, 0.25) is 7.38 Å². The third-order valence-corrected chi connectivity index (χ3v) is 13.2. The van der Waals surface area contributed by atoms with Gasteiger partial charge in [-0.1, -0.05) is 162 Å². The highest BCUT2D eigenvalue weighted by molar-refractivity contribution is 7.41. The summed E-state index contributed by atoms with van der Waals surface area (Å²) in [7, 11) is -3.14. The molecule has 0 aliphatic carbocycles. The Morgan fingerprint density at radius 3 is 0.951 bits per heavy atom. The Hall–Kier alpha value is -4.17. The van der Waals surface area contributed by atoms with Crippen LogP contribution in [0.4, 0.5) is 0 Å². The number of rotatable bonds is 6.